The maximum absolute atomic E-state index is 13.0. The number of thioether (sulfide) groups is 1. The van der Waals surface area contributed by atoms with E-state index < -0.39 is 20.0 Å². The molecule has 4 rings (SSSR count). The van der Waals surface area contributed by atoms with Crippen molar-refractivity contribution in [3.8, 4) is 5.75 Å². The van der Waals surface area contributed by atoms with E-state index in [2.05, 4.69) is 4.72 Å². The molecule has 2 aliphatic rings. The third-order valence-corrected chi connectivity index (χ3v) is 10.6. The number of nitrogens with zero attached hydrogens (tertiary/aromatic N) is 2. The lowest BCUT2D eigenvalue weighted by atomic mass is 10.2. The van der Waals surface area contributed by atoms with Gasteiger partial charge in [0.25, 0.3) is 5.91 Å². The van der Waals surface area contributed by atoms with Crippen LogP contribution in [0.5, 0.6) is 5.75 Å². The van der Waals surface area contributed by atoms with Gasteiger partial charge in [0.05, 0.1) is 28.6 Å². The van der Waals surface area contributed by atoms with Gasteiger partial charge in [-0.05, 0) is 61.6 Å². The molecule has 1 N–H and O–H groups in total. The van der Waals surface area contributed by atoms with Gasteiger partial charge in [-0.1, -0.05) is 6.42 Å². The first-order chi connectivity index (χ1) is 18.2. The van der Waals surface area contributed by atoms with Gasteiger partial charge in [-0.15, -0.1) is 11.8 Å². The van der Waals surface area contributed by atoms with Gasteiger partial charge >= 0.3 is 0 Å². The van der Waals surface area contributed by atoms with E-state index in [1.54, 1.807) is 23.1 Å². The number of hydrogen-bond donors (Lipinski definition) is 1. The molecule has 0 radical (unpaired) electrons. The molecular formula is C25H33N3O7S3. The highest BCUT2D eigenvalue weighted by molar-refractivity contribution is 7.98. The second-order valence-corrected chi connectivity index (χ2v) is 13.5. The average Bonchev–Trinajstić information content (AvgIpc) is 2.95. The van der Waals surface area contributed by atoms with Crippen molar-refractivity contribution in [1.82, 2.24) is 13.9 Å². The largest absolute Gasteiger partial charge is 0.492 e. The van der Waals surface area contributed by atoms with Gasteiger partial charge in [0, 0.05) is 37.6 Å². The first-order valence-corrected chi connectivity index (χ1v) is 16.6. The molecule has 0 atom stereocenters. The van der Waals surface area contributed by atoms with Crippen LogP contribution in [-0.4, -0.2) is 90.7 Å². The highest BCUT2D eigenvalue weighted by atomic mass is 32.2. The minimum Gasteiger partial charge on any atom is -0.492 e. The van der Waals surface area contributed by atoms with E-state index in [1.807, 2.05) is 6.26 Å². The minimum atomic E-state index is -3.88. The summed E-state index contributed by atoms with van der Waals surface area (Å²) >= 11 is 1.38. The van der Waals surface area contributed by atoms with Gasteiger partial charge in [0.15, 0.2) is 0 Å². The molecule has 10 nitrogen and oxygen atoms in total. The number of hydrogen-bond acceptors (Lipinski definition) is 8. The normalized spacial score (nSPS) is 17.3. The van der Waals surface area contributed by atoms with Crippen molar-refractivity contribution in [2.24, 2.45) is 0 Å². The molecule has 0 unspecified atom stereocenters. The number of rotatable bonds is 10. The Kier molecular flexibility index (Phi) is 9.71. The number of carbonyl (C=O) groups is 1. The van der Waals surface area contributed by atoms with Crippen LogP contribution in [0.3, 0.4) is 0 Å². The zero-order chi connectivity index (χ0) is 27.2. The van der Waals surface area contributed by atoms with Crippen molar-refractivity contribution < 1.29 is 31.1 Å². The highest BCUT2D eigenvalue weighted by Crippen LogP contribution is 2.26. The third-order valence-electron chi connectivity index (χ3n) is 6.45. The SMILES string of the molecule is CSc1ccc(S(=O)(=O)NCCOc2ccc(S(=O)(=O)N3CCCCC3)cc2)cc1C(=O)N1CCOCC1. The summed E-state index contributed by atoms with van der Waals surface area (Å²) in [4.78, 5) is 15.6. The molecule has 0 aromatic heterocycles. The van der Waals surface area contributed by atoms with Crippen molar-refractivity contribution in [2.45, 2.75) is 33.9 Å². The molecule has 0 aliphatic carbocycles. The number of benzene rings is 2. The van der Waals surface area contributed by atoms with Crippen LogP contribution >= 0.6 is 11.8 Å². The smallest absolute Gasteiger partial charge is 0.255 e. The Hall–Kier alpha value is -2.16. The van der Waals surface area contributed by atoms with Gasteiger partial charge in [-0.2, -0.15) is 4.31 Å². The van der Waals surface area contributed by atoms with Crippen LogP contribution in [-0.2, 0) is 24.8 Å². The molecule has 208 valence electrons. The summed E-state index contributed by atoms with van der Waals surface area (Å²) in [7, 11) is -7.41. The summed E-state index contributed by atoms with van der Waals surface area (Å²) in [5.41, 5.74) is 0.345. The fraction of sp³-hybridized carbons (Fsp3) is 0.480. The summed E-state index contributed by atoms with van der Waals surface area (Å²) in [6, 6.07) is 10.7. The van der Waals surface area contributed by atoms with E-state index in [4.69, 9.17) is 9.47 Å². The Bertz CT molecular complexity index is 1320. The number of amides is 1. The summed E-state index contributed by atoms with van der Waals surface area (Å²) in [6.07, 6.45) is 4.61. The second kappa shape index (κ2) is 12.8. The second-order valence-electron chi connectivity index (χ2n) is 8.95. The van der Waals surface area contributed by atoms with Crippen molar-refractivity contribution in [3.63, 3.8) is 0 Å². The molecule has 38 heavy (non-hydrogen) atoms. The Morgan fingerprint density at radius 1 is 0.947 bits per heavy atom. The maximum atomic E-state index is 13.0. The number of sulfonamides is 2. The summed E-state index contributed by atoms with van der Waals surface area (Å²) < 4.78 is 66.3. The summed E-state index contributed by atoms with van der Waals surface area (Å²) in [5.74, 6) is 0.216. The molecule has 2 heterocycles. The lowest BCUT2D eigenvalue weighted by molar-refractivity contribution is 0.0300. The van der Waals surface area contributed by atoms with Crippen LogP contribution in [0, 0.1) is 0 Å². The number of ether oxygens (including phenoxy) is 2. The monoisotopic (exact) mass is 583 g/mol. The first-order valence-electron chi connectivity index (χ1n) is 12.5. The van der Waals surface area contributed by atoms with Crippen LogP contribution < -0.4 is 9.46 Å². The van der Waals surface area contributed by atoms with Crippen LogP contribution in [0.1, 0.15) is 29.6 Å². The van der Waals surface area contributed by atoms with Gasteiger partial charge in [-0.25, -0.2) is 21.6 Å². The van der Waals surface area contributed by atoms with E-state index in [0.29, 0.717) is 55.6 Å². The van der Waals surface area contributed by atoms with Gasteiger partial charge in [0.1, 0.15) is 12.4 Å². The number of morpholine rings is 1. The molecule has 2 fully saturated rings. The number of piperidine rings is 1. The molecule has 2 aromatic carbocycles. The van der Waals surface area contributed by atoms with E-state index in [0.717, 1.165) is 19.3 Å². The zero-order valence-corrected chi connectivity index (χ0v) is 23.7. The van der Waals surface area contributed by atoms with Gasteiger partial charge < -0.3 is 14.4 Å². The van der Waals surface area contributed by atoms with E-state index in [-0.39, 0.29) is 28.8 Å². The Balaban J connectivity index is 1.34. The van der Waals surface area contributed by atoms with Gasteiger partial charge in [-0.3, -0.25) is 4.79 Å². The first kappa shape index (κ1) is 28.8. The van der Waals surface area contributed by atoms with Crippen molar-refractivity contribution >= 4 is 37.7 Å². The Morgan fingerprint density at radius 2 is 1.61 bits per heavy atom. The van der Waals surface area contributed by atoms with Crippen LogP contribution in [0.2, 0.25) is 0 Å². The average molecular weight is 584 g/mol. The zero-order valence-electron chi connectivity index (χ0n) is 21.3. The Labute approximate surface area is 228 Å². The molecule has 13 heteroatoms. The minimum absolute atomic E-state index is 0.000758. The molecule has 2 saturated heterocycles. The molecule has 0 bridgehead atoms. The maximum Gasteiger partial charge on any atom is 0.255 e. The third kappa shape index (κ3) is 6.88. The molecule has 0 saturated carbocycles. The lowest BCUT2D eigenvalue weighted by Crippen LogP contribution is -2.41. The van der Waals surface area contributed by atoms with Crippen LogP contribution in [0.15, 0.2) is 57.2 Å². The Morgan fingerprint density at radius 3 is 2.26 bits per heavy atom. The van der Waals surface area contributed by atoms with E-state index in [9.17, 15) is 21.6 Å². The molecule has 2 aliphatic heterocycles. The van der Waals surface area contributed by atoms with E-state index >= 15 is 0 Å². The van der Waals surface area contributed by atoms with Crippen LogP contribution in [0.4, 0.5) is 0 Å². The predicted octanol–water partition coefficient (Wildman–Crippen LogP) is 2.41. The standard InChI is InChI=1S/C25H33N3O7S3/c1-36-24-10-9-22(19-23(24)25(29)27-14-17-34-18-15-27)37(30,31)26-11-16-35-20-5-7-21(8-6-20)38(32,33)28-12-3-2-4-13-28/h5-10,19,26H,2-4,11-18H2,1H3. The van der Waals surface area contributed by atoms with Crippen molar-refractivity contribution in [3.05, 3.63) is 48.0 Å². The van der Waals surface area contributed by atoms with Crippen LogP contribution in [0.25, 0.3) is 0 Å². The fourth-order valence-corrected chi connectivity index (χ4v) is 7.47. The molecule has 1 amide bonds. The van der Waals surface area contributed by atoms with Crippen molar-refractivity contribution in [1.29, 1.82) is 0 Å². The van der Waals surface area contributed by atoms with E-state index in [1.165, 1.54) is 40.3 Å². The van der Waals surface area contributed by atoms with Gasteiger partial charge in [0.2, 0.25) is 20.0 Å². The summed E-state index contributed by atoms with van der Waals surface area (Å²) in [6.45, 7) is 2.93. The lowest BCUT2D eigenvalue weighted by Gasteiger charge is -2.27. The molecular weight excluding hydrogens is 550 g/mol. The molecule has 0 spiro atoms. The summed E-state index contributed by atoms with van der Waals surface area (Å²) in [5, 5.41) is 0. The number of carbonyl (C=O) groups excluding carboxylic acids is 1. The topological polar surface area (TPSA) is 122 Å². The highest BCUT2D eigenvalue weighted by Gasteiger charge is 2.26. The predicted molar refractivity (Wildman–Crippen MR) is 145 cm³/mol. The number of nitrogens with one attached hydrogen (secondary N) is 1. The quantitative estimate of drug-likeness (QED) is 0.334. The fourth-order valence-electron chi connectivity index (χ4n) is 4.35. The van der Waals surface area contributed by atoms with Crippen molar-refractivity contribution in [2.75, 3.05) is 58.8 Å². The molecule has 2 aromatic rings.